The number of guanidine groups is 1. The normalized spacial score (nSPS) is 21.6. The number of thioether (sulfide) groups is 1. The predicted octanol–water partition coefficient (Wildman–Crippen LogP) is 3.02. The SMILES string of the molecule is CN=C(NCC(C)CSc1ccccc1OC)N1CCC(N2CCOCC2)C1.I. The van der Waals surface area contributed by atoms with Crippen molar-refractivity contribution in [2.24, 2.45) is 10.9 Å². The number of morpholine rings is 1. The van der Waals surface area contributed by atoms with E-state index in [4.69, 9.17) is 9.47 Å². The number of rotatable bonds is 7. The van der Waals surface area contributed by atoms with Crippen molar-refractivity contribution >= 4 is 41.7 Å². The second-order valence-corrected chi connectivity index (χ2v) is 8.59. The number of ether oxygens (including phenoxy) is 2. The topological polar surface area (TPSA) is 49.3 Å². The highest BCUT2D eigenvalue weighted by Crippen LogP contribution is 2.29. The molecule has 29 heavy (non-hydrogen) atoms. The number of methoxy groups -OCH3 is 1. The third-order valence-corrected chi connectivity index (χ3v) is 6.82. The van der Waals surface area contributed by atoms with Gasteiger partial charge < -0.3 is 19.7 Å². The average molecular weight is 535 g/mol. The van der Waals surface area contributed by atoms with Gasteiger partial charge in [-0.2, -0.15) is 0 Å². The summed E-state index contributed by atoms with van der Waals surface area (Å²) in [5, 5.41) is 3.59. The molecule has 1 N–H and O–H groups in total. The van der Waals surface area contributed by atoms with Crippen molar-refractivity contribution in [2.75, 3.05) is 65.8 Å². The number of likely N-dealkylation sites (tertiary alicyclic amines) is 1. The zero-order chi connectivity index (χ0) is 19.8. The molecule has 1 aromatic carbocycles. The van der Waals surface area contributed by atoms with E-state index in [1.807, 2.05) is 30.9 Å². The minimum atomic E-state index is 0. The molecule has 0 bridgehead atoms. The molecular formula is C21H35IN4O2S. The molecule has 0 amide bonds. The lowest BCUT2D eigenvalue weighted by atomic mass is 10.2. The second-order valence-electron chi connectivity index (χ2n) is 7.53. The molecule has 8 heteroatoms. The average Bonchev–Trinajstić information content (AvgIpc) is 3.23. The van der Waals surface area contributed by atoms with Gasteiger partial charge in [-0.1, -0.05) is 19.1 Å². The van der Waals surface area contributed by atoms with Gasteiger partial charge in [-0.25, -0.2) is 0 Å². The number of para-hydroxylation sites is 1. The Kier molecular flexibility index (Phi) is 10.9. The lowest BCUT2D eigenvalue weighted by Gasteiger charge is -2.32. The van der Waals surface area contributed by atoms with Crippen molar-refractivity contribution in [3.63, 3.8) is 0 Å². The maximum atomic E-state index is 5.49. The number of hydrogen-bond acceptors (Lipinski definition) is 5. The second kappa shape index (κ2) is 12.9. The largest absolute Gasteiger partial charge is 0.496 e. The Hall–Kier alpha value is -0.710. The highest BCUT2D eigenvalue weighted by molar-refractivity contribution is 14.0. The molecule has 2 aliphatic heterocycles. The van der Waals surface area contributed by atoms with Crippen LogP contribution >= 0.6 is 35.7 Å². The van der Waals surface area contributed by atoms with E-state index in [0.717, 1.165) is 63.4 Å². The van der Waals surface area contributed by atoms with Crippen LogP contribution in [-0.2, 0) is 4.74 Å². The summed E-state index contributed by atoms with van der Waals surface area (Å²) in [6, 6.07) is 8.84. The molecule has 0 saturated carbocycles. The van der Waals surface area contributed by atoms with Gasteiger partial charge in [0, 0.05) is 56.5 Å². The van der Waals surface area contributed by atoms with Crippen LogP contribution in [-0.4, -0.2) is 87.6 Å². The number of benzene rings is 1. The van der Waals surface area contributed by atoms with Gasteiger partial charge in [0.1, 0.15) is 5.75 Å². The molecule has 2 fully saturated rings. The van der Waals surface area contributed by atoms with Crippen LogP contribution in [0.3, 0.4) is 0 Å². The third-order valence-electron chi connectivity index (χ3n) is 5.44. The quantitative estimate of drug-likeness (QED) is 0.251. The molecule has 164 valence electrons. The molecule has 2 aliphatic rings. The Morgan fingerprint density at radius 2 is 2.07 bits per heavy atom. The summed E-state index contributed by atoms with van der Waals surface area (Å²) in [4.78, 5) is 10.7. The zero-order valence-corrected chi connectivity index (χ0v) is 20.9. The lowest BCUT2D eigenvalue weighted by molar-refractivity contribution is 0.0195. The molecule has 0 aliphatic carbocycles. The van der Waals surface area contributed by atoms with Crippen LogP contribution in [0.1, 0.15) is 13.3 Å². The van der Waals surface area contributed by atoms with Crippen LogP contribution in [0.15, 0.2) is 34.2 Å². The number of nitrogens with one attached hydrogen (secondary N) is 1. The van der Waals surface area contributed by atoms with E-state index in [-0.39, 0.29) is 24.0 Å². The van der Waals surface area contributed by atoms with E-state index in [2.05, 4.69) is 39.2 Å². The van der Waals surface area contributed by atoms with Crippen LogP contribution in [0.2, 0.25) is 0 Å². The first-order valence-electron chi connectivity index (χ1n) is 10.2. The van der Waals surface area contributed by atoms with Gasteiger partial charge >= 0.3 is 0 Å². The molecule has 0 aromatic heterocycles. The standard InChI is InChI=1S/C21H34N4O2S.HI/c1-17(16-28-20-7-5-4-6-19(20)26-3)14-23-21(22-2)25-9-8-18(15-25)24-10-12-27-13-11-24;/h4-7,17-18H,8-16H2,1-3H3,(H,22,23);1H. The highest BCUT2D eigenvalue weighted by Gasteiger charge is 2.30. The van der Waals surface area contributed by atoms with Crippen molar-refractivity contribution in [1.29, 1.82) is 0 Å². The van der Waals surface area contributed by atoms with E-state index in [0.29, 0.717) is 12.0 Å². The third kappa shape index (κ3) is 7.18. The van der Waals surface area contributed by atoms with E-state index >= 15 is 0 Å². The van der Waals surface area contributed by atoms with Gasteiger partial charge in [0.05, 0.1) is 20.3 Å². The first-order chi connectivity index (χ1) is 13.7. The first kappa shape index (κ1) is 24.6. The van der Waals surface area contributed by atoms with Crippen molar-refractivity contribution in [1.82, 2.24) is 15.1 Å². The molecule has 3 rings (SSSR count). The van der Waals surface area contributed by atoms with Crippen molar-refractivity contribution in [3.8, 4) is 5.75 Å². The Morgan fingerprint density at radius 1 is 1.31 bits per heavy atom. The Labute approximate surface area is 196 Å². The monoisotopic (exact) mass is 534 g/mol. The summed E-state index contributed by atoms with van der Waals surface area (Å²) >= 11 is 1.85. The minimum absolute atomic E-state index is 0. The summed E-state index contributed by atoms with van der Waals surface area (Å²) in [5.74, 6) is 3.56. The van der Waals surface area contributed by atoms with Gasteiger partial charge in [-0.05, 0) is 24.5 Å². The summed E-state index contributed by atoms with van der Waals surface area (Å²) < 4.78 is 10.9. The van der Waals surface area contributed by atoms with E-state index in [1.165, 1.54) is 11.3 Å². The van der Waals surface area contributed by atoms with Crippen molar-refractivity contribution in [2.45, 2.75) is 24.3 Å². The molecule has 6 nitrogen and oxygen atoms in total. The summed E-state index contributed by atoms with van der Waals surface area (Å²) in [7, 11) is 3.62. The first-order valence-corrected chi connectivity index (χ1v) is 11.2. The fraction of sp³-hybridized carbons (Fsp3) is 0.667. The molecular weight excluding hydrogens is 499 g/mol. The Balaban J connectivity index is 0.00000300. The van der Waals surface area contributed by atoms with Gasteiger partial charge in [0.2, 0.25) is 0 Å². The molecule has 2 saturated heterocycles. The predicted molar refractivity (Wildman–Crippen MR) is 132 cm³/mol. The van der Waals surface area contributed by atoms with Crippen LogP contribution < -0.4 is 10.1 Å². The van der Waals surface area contributed by atoms with Crippen LogP contribution in [0.5, 0.6) is 5.75 Å². The summed E-state index contributed by atoms with van der Waals surface area (Å²) in [6.45, 7) is 9.19. The van der Waals surface area contributed by atoms with Gasteiger partial charge in [-0.3, -0.25) is 9.89 Å². The smallest absolute Gasteiger partial charge is 0.193 e. The number of halogens is 1. The van der Waals surface area contributed by atoms with Gasteiger partial charge in [-0.15, -0.1) is 35.7 Å². The fourth-order valence-electron chi connectivity index (χ4n) is 3.80. The summed E-state index contributed by atoms with van der Waals surface area (Å²) in [5.41, 5.74) is 0. The molecule has 0 radical (unpaired) electrons. The van der Waals surface area contributed by atoms with Crippen LogP contribution in [0.25, 0.3) is 0 Å². The fourth-order valence-corrected chi connectivity index (χ4v) is 4.85. The van der Waals surface area contributed by atoms with Gasteiger partial charge in [0.25, 0.3) is 0 Å². The molecule has 2 heterocycles. The maximum absolute atomic E-state index is 5.49. The molecule has 2 atom stereocenters. The highest BCUT2D eigenvalue weighted by atomic mass is 127. The molecule has 1 aromatic rings. The number of nitrogens with zero attached hydrogens (tertiary/aromatic N) is 3. The Bertz CT molecular complexity index is 643. The molecule has 0 spiro atoms. The van der Waals surface area contributed by atoms with Crippen LogP contribution in [0.4, 0.5) is 0 Å². The number of aliphatic imine (C=N–C) groups is 1. The summed E-state index contributed by atoms with van der Waals surface area (Å²) in [6.07, 6.45) is 1.21. The van der Waals surface area contributed by atoms with E-state index < -0.39 is 0 Å². The van der Waals surface area contributed by atoms with Crippen LogP contribution in [0, 0.1) is 5.92 Å². The number of hydrogen-bond donors (Lipinski definition) is 1. The van der Waals surface area contributed by atoms with E-state index in [9.17, 15) is 0 Å². The van der Waals surface area contributed by atoms with Crippen molar-refractivity contribution in [3.05, 3.63) is 24.3 Å². The Morgan fingerprint density at radius 3 is 2.79 bits per heavy atom. The zero-order valence-electron chi connectivity index (χ0n) is 17.8. The minimum Gasteiger partial charge on any atom is -0.496 e. The lowest BCUT2D eigenvalue weighted by Crippen LogP contribution is -2.47. The van der Waals surface area contributed by atoms with Crippen molar-refractivity contribution < 1.29 is 9.47 Å². The molecule has 2 unspecified atom stereocenters. The van der Waals surface area contributed by atoms with Gasteiger partial charge in [0.15, 0.2) is 5.96 Å². The maximum Gasteiger partial charge on any atom is 0.193 e. The van der Waals surface area contributed by atoms with E-state index in [1.54, 1.807) is 7.11 Å².